The van der Waals surface area contributed by atoms with E-state index in [1.807, 2.05) is 6.07 Å². The first kappa shape index (κ1) is 11.6. The molecule has 0 saturated carbocycles. The average molecular weight is 222 g/mol. The molecule has 0 amide bonds. The summed E-state index contributed by atoms with van der Waals surface area (Å²) in [5.41, 5.74) is 1.35. The second-order valence-corrected chi connectivity index (χ2v) is 4.33. The van der Waals surface area contributed by atoms with Gasteiger partial charge in [0.1, 0.15) is 6.67 Å². The van der Waals surface area contributed by atoms with Gasteiger partial charge in [-0.3, -0.25) is 4.90 Å². The molecule has 1 aliphatic heterocycles. The highest BCUT2D eigenvalue weighted by Crippen LogP contribution is 2.07. The number of piperazine rings is 1. The van der Waals surface area contributed by atoms with E-state index in [1.165, 1.54) is 5.56 Å². The maximum absolute atomic E-state index is 12.3. The highest BCUT2D eigenvalue weighted by Gasteiger charge is 2.18. The van der Waals surface area contributed by atoms with Crippen LogP contribution in [0.15, 0.2) is 30.3 Å². The molecule has 2 rings (SSSR count). The van der Waals surface area contributed by atoms with Crippen LogP contribution in [-0.2, 0) is 6.42 Å². The van der Waals surface area contributed by atoms with Crippen LogP contribution >= 0.6 is 0 Å². The van der Waals surface area contributed by atoms with Crippen molar-refractivity contribution >= 4 is 0 Å². The molecule has 0 aromatic heterocycles. The summed E-state index contributed by atoms with van der Waals surface area (Å²) in [4.78, 5) is 2.20. The molecule has 1 aromatic carbocycles. The van der Waals surface area contributed by atoms with Gasteiger partial charge in [-0.05, 0) is 12.0 Å². The van der Waals surface area contributed by atoms with Crippen LogP contribution < -0.4 is 5.32 Å². The molecule has 2 nitrogen and oxygen atoms in total. The summed E-state index contributed by atoms with van der Waals surface area (Å²) < 4.78 is 12.3. The van der Waals surface area contributed by atoms with Gasteiger partial charge in [0.15, 0.2) is 0 Å². The molecule has 1 N–H and O–H groups in total. The van der Waals surface area contributed by atoms with Crippen LogP contribution in [0.25, 0.3) is 0 Å². The fourth-order valence-corrected chi connectivity index (χ4v) is 2.25. The van der Waals surface area contributed by atoms with Crippen LogP contribution in [0.4, 0.5) is 4.39 Å². The Labute approximate surface area is 96.5 Å². The Kier molecular flexibility index (Phi) is 4.31. The second kappa shape index (κ2) is 5.97. The highest BCUT2D eigenvalue weighted by atomic mass is 19.1. The molecule has 1 atom stereocenters. The minimum Gasteiger partial charge on any atom is -0.311 e. The van der Waals surface area contributed by atoms with E-state index in [9.17, 15) is 4.39 Å². The molecule has 0 spiro atoms. The van der Waals surface area contributed by atoms with E-state index in [1.54, 1.807) is 0 Å². The minimum absolute atomic E-state index is 0.238. The summed E-state index contributed by atoms with van der Waals surface area (Å²) in [5.74, 6) is 0. The number of nitrogens with one attached hydrogen (secondary N) is 1. The summed E-state index contributed by atoms with van der Waals surface area (Å²) >= 11 is 0. The van der Waals surface area contributed by atoms with Crippen LogP contribution in [0.2, 0.25) is 0 Å². The third-order valence-electron chi connectivity index (χ3n) is 3.07. The van der Waals surface area contributed by atoms with Gasteiger partial charge in [0.2, 0.25) is 0 Å². The van der Waals surface area contributed by atoms with Gasteiger partial charge in [-0.1, -0.05) is 30.3 Å². The van der Waals surface area contributed by atoms with Crippen molar-refractivity contribution in [3.63, 3.8) is 0 Å². The monoisotopic (exact) mass is 222 g/mol. The summed E-state index contributed by atoms with van der Waals surface area (Å²) in [6.45, 7) is 3.23. The number of rotatable bonds is 4. The summed E-state index contributed by atoms with van der Waals surface area (Å²) in [7, 11) is 0. The van der Waals surface area contributed by atoms with Crippen molar-refractivity contribution < 1.29 is 4.39 Å². The van der Waals surface area contributed by atoms with Gasteiger partial charge in [0.05, 0.1) is 0 Å². The fourth-order valence-electron chi connectivity index (χ4n) is 2.25. The molecule has 0 radical (unpaired) electrons. The molecule has 1 aromatic rings. The van der Waals surface area contributed by atoms with Crippen molar-refractivity contribution in [2.24, 2.45) is 0 Å². The molecule has 1 heterocycles. The van der Waals surface area contributed by atoms with Gasteiger partial charge in [0, 0.05) is 32.2 Å². The molecule has 16 heavy (non-hydrogen) atoms. The number of benzene rings is 1. The Balaban J connectivity index is 1.85. The first-order chi connectivity index (χ1) is 7.88. The van der Waals surface area contributed by atoms with Crippen molar-refractivity contribution in [2.45, 2.75) is 12.5 Å². The van der Waals surface area contributed by atoms with Crippen molar-refractivity contribution in [2.75, 3.05) is 32.9 Å². The Morgan fingerprint density at radius 2 is 2.12 bits per heavy atom. The van der Waals surface area contributed by atoms with Gasteiger partial charge in [-0.15, -0.1) is 0 Å². The molecule has 1 aliphatic rings. The Morgan fingerprint density at radius 1 is 1.31 bits per heavy atom. The lowest BCUT2D eigenvalue weighted by Gasteiger charge is -2.33. The van der Waals surface area contributed by atoms with Crippen molar-refractivity contribution in [3.8, 4) is 0 Å². The van der Waals surface area contributed by atoms with Gasteiger partial charge < -0.3 is 5.32 Å². The maximum atomic E-state index is 12.3. The molecule has 1 fully saturated rings. The number of alkyl halides is 1. The molecule has 1 saturated heterocycles. The zero-order valence-electron chi connectivity index (χ0n) is 9.53. The Hall–Kier alpha value is -0.930. The van der Waals surface area contributed by atoms with E-state index in [4.69, 9.17) is 0 Å². The predicted octanol–water partition coefficient (Wildman–Crippen LogP) is 1.47. The third-order valence-corrected chi connectivity index (χ3v) is 3.07. The van der Waals surface area contributed by atoms with E-state index in [-0.39, 0.29) is 6.67 Å². The standard InChI is InChI=1S/C13H19FN2/c14-6-8-16-9-7-15-13(11-16)10-12-4-2-1-3-5-12/h1-5,13,15H,6-11H2. The lowest BCUT2D eigenvalue weighted by atomic mass is 10.0. The first-order valence-corrected chi connectivity index (χ1v) is 5.94. The van der Waals surface area contributed by atoms with Gasteiger partial charge in [0.25, 0.3) is 0 Å². The summed E-state index contributed by atoms with van der Waals surface area (Å²) in [6.07, 6.45) is 1.03. The molecule has 1 unspecified atom stereocenters. The topological polar surface area (TPSA) is 15.3 Å². The number of halogens is 1. The van der Waals surface area contributed by atoms with E-state index in [2.05, 4.69) is 34.5 Å². The van der Waals surface area contributed by atoms with Crippen LogP contribution in [-0.4, -0.2) is 43.8 Å². The smallest absolute Gasteiger partial charge is 0.102 e. The summed E-state index contributed by atoms with van der Waals surface area (Å²) in [5, 5.41) is 3.49. The van der Waals surface area contributed by atoms with E-state index >= 15 is 0 Å². The van der Waals surface area contributed by atoms with Crippen molar-refractivity contribution in [1.82, 2.24) is 10.2 Å². The molecular formula is C13H19FN2. The molecular weight excluding hydrogens is 203 g/mol. The normalized spacial score (nSPS) is 22.2. The molecule has 0 bridgehead atoms. The summed E-state index contributed by atoms with van der Waals surface area (Å²) in [6, 6.07) is 10.9. The van der Waals surface area contributed by atoms with E-state index in [0.717, 1.165) is 26.1 Å². The van der Waals surface area contributed by atoms with E-state index in [0.29, 0.717) is 12.6 Å². The lowest BCUT2D eigenvalue weighted by Crippen LogP contribution is -2.51. The number of hydrogen-bond acceptors (Lipinski definition) is 2. The van der Waals surface area contributed by atoms with Gasteiger partial charge in [-0.2, -0.15) is 0 Å². The Morgan fingerprint density at radius 3 is 2.88 bits per heavy atom. The van der Waals surface area contributed by atoms with Crippen LogP contribution in [0.1, 0.15) is 5.56 Å². The number of nitrogens with zero attached hydrogens (tertiary/aromatic N) is 1. The Bertz CT molecular complexity index is 300. The molecule has 88 valence electrons. The maximum Gasteiger partial charge on any atom is 0.102 e. The average Bonchev–Trinajstić information content (AvgIpc) is 2.31. The zero-order valence-corrected chi connectivity index (χ0v) is 9.53. The quantitative estimate of drug-likeness (QED) is 0.830. The van der Waals surface area contributed by atoms with E-state index < -0.39 is 0 Å². The second-order valence-electron chi connectivity index (χ2n) is 4.33. The SMILES string of the molecule is FCCN1CCNC(Cc2ccccc2)C1. The molecule has 3 heteroatoms. The van der Waals surface area contributed by atoms with Crippen LogP contribution in [0.5, 0.6) is 0 Å². The van der Waals surface area contributed by atoms with Crippen molar-refractivity contribution in [1.29, 1.82) is 0 Å². The number of hydrogen-bond donors (Lipinski definition) is 1. The largest absolute Gasteiger partial charge is 0.311 e. The van der Waals surface area contributed by atoms with Gasteiger partial charge >= 0.3 is 0 Å². The van der Waals surface area contributed by atoms with Crippen LogP contribution in [0.3, 0.4) is 0 Å². The third kappa shape index (κ3) is 3.29. The van der Waals surface area contributed by atoms with Crippen LogP contribution in [0, 0.1) is 0 Å². The van der Waals surface area contributed by atoms with Gasteiger partial charge in [-0.25, -0.2) is 4.39 Å². The first-order valence-electron chi connectivity index (χ1n) is 5.94. The van der Waals surface area contributed by atoms with Crippen molar-refractivity contribution in [3.05, 3.63) is 35.9 Å². The predicted molar refractivity (Wildman–Crippen MR) is 64.4 cm³/mol. The minimum atomic E-state index is -0.238. The lowest BCUT2D eigenvalue weighted by molar-refractivity contribution is 0.186. The zero-order chi connectivity index (χ0) is 11.2. The highest BCUT2D eigenvalue weighted by molar-refractivity contribution is 5.16. The molecule has 0 aliphatic carbocycles. The fraction of sp³-hybridized carbons (Fsp3) is 0.538.